The zero-order chi connectivity index (χ0) is 8.81. The molecule has 0 radical (unpaired) electrons. The maximum absolute atomic E-state index is 4.43. The third-order valence-corrected chi connectivity index (χ3v) is 1.79. The summed E-state index contributed by atoms with van der Waals surface area (Å²) in [5.41, 5.74) is 2.46. The maximum Gasteiger partial charge on any atom is 0.0417 e. The molecule has 0 saturated carbocycles. The van der Waals surface area contributed by atoms with Gasteiger partial charge < -0.3 is 0 Å². The van der Waals surface area contributed by atoms with E-state index < -0.39 is 0 Å². The lowest BCUT2D eigenvalue weighted by atomic mass is 10.1. The molecule has 0 bridgehead atoms. The van der Waals surface area contributed by atoms with Crippen molar-refractivity contribution in [3.63, 3.8) is 0 Å². The highest BCUT2D eigenvalue weighted by atomic mass is 14.7. The van der Waals surface area contributed by atoms with Crippen molar-refractivity contribution in [2.75, 3.05) is 6.54 Å². The van der Waals surface area contributed by atoms with Crippen molar-refractivity contribution in [3.05, 3.63) is 35.9 Å². The molecule has 0 aromatic heterocycles. The molecule has 0 heterocycles. The van der Waals surface area contributed by atoms with Crippen LogP contribution in [0, 0.1) is 0 Å². The van der Waals surface area contributed by atoms with Crippen molar-refractivity contribution in [3.8, 4) is 0 Å². The molecule has 0 aliphatic carbocycles. The molecule has 12 heavy (non-hydrogen) atoms. The first-order valence-corrected chi connectivity index (χ1v) is 4.47. The Morgan fingerprint density at radius 3 is 2.33 bits per heavy atom. The van der Waals surface area contributed by atoms with E-state index >= 15 is 0 Å². The van der Waals surface area contributed by atoms with Gasteiger partial charge in [0.25, 0.3) is 0 Å². The quantitative estimate of drug-likeness (QED) is 0.604. The smallest absolute Gasteiger partial charge is 0.0417 e. The van der Waals surface area contributed by atoms with Gasteiger partial charge in [-0.3, -0.25) is 4.99 Å². The summed E-state index contributed by atoms with van der Waals surface area (Å²) in [5.74, 6) is 0. The Kier molecular flexibility index (Phi) is 3.52. The Bertz CT molecular complexity index is 249. The molecule has 1 aromatic rings. The van der Waals surface area contributed by atoms with Crippen LogP contribution in [0.4, 0.5) is 0 Å². The van der Waals surface area contributed by atoms with Crippen LogP contribution >= 0.6 is 0 Å². The Labute approximate surface area is 74.2 Å². The van der Waals surface area contributed by atoms with Crippen LogP contribution in [-0.2, 0) is 0 Å². The molecule has 64 valence electrons. The first-order chi connectivity index (χ1) is 5.88. The third-order valence-electron chi connectivity index (χ3n) is 1.79. The van der Waals surface area contributed by atoms with Gasteiger partial charge >= 0.3 is 0 Å². The maximum atomic E-state index is 4.43. The summed E-state index contributed by atoms with van der Waals surface area (Å²) in [5, 5.41) is 0. The van der Waals surface area contributed by atoms with Crippen molar-refractivity contribution in [2.24, 2.45) is 4.99 Å². The van der Waals surface area contributed by atoms with Gasteiger partial charge in [-0.25, -0.2) is 0 Å². The summed E-state index contributed by atoms with van der Waals surface area (Å²) < 4.78 is 0. The topological polar surface area (TPSA) is 12.4 Å². The van der Waals surface area contributed by atoms with E-state index in [-0.39, 0.29) is 0 Å². The predicted octanol–water partition coefficient (Wildman–Crippen LogP) is 2.91. The van der Waals surface area contributed by atoms with Crippen LogP contribution in [0.25, 0.3) is 0 Å². The van der Waals surface area contributed by atoms with Gasteiger partial charge in [0.1, 0.15) is 0 Å². The monoisotopic (exact) mass is 161 g/mol. The average molecular weight is 161 g/mol. The second-order valence-electron chi connectivity index (χ2n) is 2.64. The molecule has 0 aliphatic heterocycles. The van der Waals surface area contributed by atoms with E-state index in [1.807, 2.05) is 6.07 Å². The highest BCUT2D eigenvalue weighted by Crippen LogP contribution is 2.03. The third kappa shape index (κ3) is 2.19. The van der Waals surface area contributed by atoms with Crippen LogP contribution in [0.3, 0.4) is 0 Å². The minimum Gasteiger partial charge on any atom is -0.289 e. The molecule has 0 fully saturated rings. The molecule has 0 saturated heterocycles. The first kappa shape index (κ1) is 8.98. The molecule has 1 aromatic carbocycles. The van der Waals surface area contributed by atoms with E-state index in [2.05, 4.69) is 43.1 Å². The molecule has 0 atom stereocenters. The van der Waals surface area contributed by atoms with Crippen molar-refractivity contribution in [2.45, 2.75) is 20.3 Å². The number of rotatable bonds is 3. The molecule has 0 N–H and O–H groups in total. The van der Waals surface area contributed by atoms with Crippen molar-refractivity contribution < 1.29 is 0 Å². The van der Waals surface area contributed by atoms with Gasteiger partial charge in [-0.1, -0.05) is 37.3 Å². The molecule has 0 unspecified atom stereocenters. The molecule has 0 aliphatic rings. The van der Waals surface area contributed by atoms with E-state index in [9.17, 15) is 0 Å². The summed E-state index contributed by atoms with van der Waals surface area (Å²) in [6.07, 6.45) is 1.01. The fraction of sp³-hybridized carbons (Fsp3) is 0.364. The van der Waals surface area contributed by atoms with Gasteiger partial charge in [0.2, 0.25) is 0 Å². The van der Waals surface area contributed by atoms with E-state index in [1.165, 1.54) is 11.3 Å². The summed E-state index contributed by atoms with van der Waals surface area (Å²) in [6, 6.07) is 10.4. The Hall–Kier alpha value is -1.11. The van der Waals surface area contributed by atoms with E-state index in [1.54, 1.807) is 0 Å². The second-order valence-corrected chi connectivity index (χ2v) is 2.64. The standard InChI is InChI=1S/C11H15N/c1-3-11(12-4-2)10-8-6-5-7-9-10/h5-9H,3-4H2,1-2H3/b12-11+. The van der Waals surface area contributed by atoms with Gasteiger partial charge in [-0.05, 0) is 18.9 Å². The molecule has 1 nitrogen and oxygen atoms in total. The summed E-state index contributed by atoms with van der Waals surface area (Å²) in [6.45, 7) is 5.08. The van der Waals surface area contributed by atoms with Crippen molar-refractivity contribution in [1.29, 1.82) is 0 Å². The molecular formula is C11H15N. The minimum atomic E-state index is 0.873. The molecular weight excluding hydrogens is 146 g/mol. The van der Waals surface area contributed by atoms with Crippen LogP contribution in [-0.4, -0.2) is 12.3 Å². The summed E-state index contributed by atoms with van der Waals surface area (Å²) >= 11 is 0. The lowest BCUT2D eigenvalue weighted by Crippen LogP contribution is -1.98. The Balaban J connectivity index is 2.88. The van der Waals surface area contributed by atoms with Gasteiger partial charge in [0.15, 0.2) is 0 Å². The molecule has 1 heteroatoms. The molecule has 0 spiro atoms. The molecule has 1 rings (SSSR count). The normalized spacial score (nSPS) is 11.7. The lowest BCUT2D eigenvalue weighted by molar-refractivity contribution is 1.10. The van der Waals surface area contributed by atoms with Crippen LogP contribution < -0.4 is 0 Å². The summed E-state index contributed by atoms with van der Waals surface area (Å²) in [4.78, 5) is 4.43. The predicted molar refractivity (Wildman–Crippen MR) is 53.8 cm³/mol. The van der Waals surface area contributed by atoms with E-state index in [4.69, 9.17) is 0 Å². The zero-order valence-electron chi connectivity index (χ0n) is 7.75. The number of hydrogen-bond acceptors (Lipinski definition) is 1. The summed E-state index contributed by atoms with van der Waals surface area (Å²) in [7, 11) is 0. The highest BCUT2D eigenvalue weighted by Gasteiger charge is 1.97. The Morgan fingerprint density at radius 1 is 1.17 bits per heavy atom. The minimum absolute atomic E-state index is 0.873. The van der Waals surface area contributed by atoms with E-state index in [0.717, 1.165) is 13.0 Å². The second kappa shape index (κ2) is 4.70. The highest BCUT2D eigenvalue weighted by molar-refractivity contribution is 6.00. The first-order valence-electron chi connectivity index (χ1n) is 4.47. The SMILES string of the molecule is CC/N=C(\CC)c1ccccc1. The number of aliphatic imine (C=N–C) groups is 1. The average Bonchev–Trinajstić information content (AvgIpc) is 2.15. The van der Waals surface area contributed by atoms with Crippen molar-refractivity contribution in [1.82, 2.24) is 0 Å². The lowest BCUT2D eigenvalue weighted by Gasteiger charge is -2.01. The van der Waals surface area contributed by atoms with Crippen LogP contribution in [0.1, 0.15) is 25.8 Å². The largest absolute Gasteiger partial charge is 0.289 e. The fourth-order valence-electron chi connectivity index (χ4n) is 1.23. The Morgan fingerprint density at radius 2 is 1.83 bits per heavy atom. The number of hydrogen-bond donors (Lipinski definition) is 0. The number of nitrogens with zero attached hydrogens (tertiary/aromatic N) is 1. The fourth-order valence-corrected chi connectivity index (χ4v) is 1.23. The van der Waals surface area contributed by atoms with Crippen LogP contribution in [0.5, 0.6) is 0 Å². The van der Waals surface area contributed by atoms with Gasteiger partial charge in [0, 0.05) is 12.3 Å². The van der Waals surface area contributed by atoms with E-state index in [0.29, 0.717) is 0 Å². The zero-order valence-corrected chi connectivity index (χ0v) is 7.75. The van der Waals surface area contributed by atoms with Gasteiger partial charge in [0.05, 0.1) is 0 Å². The van der Waals surface area contributed by atoms with Crippen LogP contribution in [0.15, 0.2) is 35.3 Å². The van der Waals surface area contributed by atoms with Gasteiger partial charge in [-0.15, -0.1) is 0 Å². The molecule has 0 amide bonds. The number of benzene rings is 1. The van der Waals surface area contributed by atoms with Crippen LogP contribution in [0.2, 0.25) is 0 Å². The van der Waals surface area contributed by atoms with Gasteiger partial charge in [-0.2, -0.15) is 0 Å². The van der Waals surface area contributed by atoms with Crippen molar-refractivity contribution >= 4 is 5.71 Å².